The third kappa shape index (κ3) is 6.69. The second kappa shape index (κ2) is 12.3. The molecule has 4 aromatic rings. The summed E-state index contributed by atoms with van der Waals surface area (Å²) >= 11 is 1.88. The predicted octanol–water partition coefficient (Wildman–Crippen LogP) is 5.68. The van der Waals surface area contributed by atoms with Crippen LogP contribution in [-0.2, 0) is 36.3 Å². The lowest BCUT2D eigenvalue weighted by atomic mass is 10.0. The van der Waals surface area contributed by atoms with Crippen LogP contribution in [0.1, 0.15) is 45.2 Å². The number of rotatable bonds is 10. The van der Waals surface area contributed by atoms with Crippen LogP contribution < -0.4 is 11.1 Å². The number of hydrogen-bond donors (Lipinski definition) is 3. The van der Waals surface area contributed by atoms with Gasteiger partial charge in [-0.2, -0.15) is 11.8 Å². The third-order valence-corrected chi connectivity index (χ3v) is 8.16. The molecule has 5 rings (SSSR count). The van der Waals surface area contributed by atoms with Crippen LogP contribution in [0.5, 0.6) is 0 Å². The van der Waals surface area contributed by atoms with Crippen LogP contribution in [0, 0.1) is 11.6 Å². The minimum absolute atomic E-state index is 0.154. The first-order chi connectivity index (χ1) is 18.9. The van der Waals surface area contributed by atoms with Gasteiger partial charge >= 0.3 is 5.97 Å². The van der Waals surface area contributed by atoms with Gasteiger partial charge in [0.05, 0.1) is 5.56 Å². The van der Waals surface area contributed by atoms with Crippen LogP contribution in [0.3, 0.4) is 0 Å². The van der Waals surface area contributed by atoms with E-state index in [-0.39, 0.29) is 6.42 Å². The Morgan fingerprint density at radius 2 is 1.87 bits per heavy atom. The number of ether oxygens (including phenoxy) is 1. The number of nitrogens with one attached hydrogen (secondary N) is 2. The zero-order chi connectivity index (χ0) is 27.4. The van der Waals surface area contributed by atoms with Gasteiger partial charge in [0.1, 0.15) is 17.7 Å². The van der Waals surface area contributed by atoms with Crippen molar-refractivity contribution < 1.29 is 18.3 Å². The molecule has 204 valence electrons. The fourth-order valence-electron chi connectivity index (χ4n) is 5.09. The number of fused-ring (bicyclic) bond motifs is 3. The van der Waals surface area contributed by atoms with E-state index in [1.165, 1.54) is 29.0 Å². The largest absolute Gasteiger partial charge is 0.456 e. The second-order valence-corrected chi connectivity index (χ2v) is 11.1. The quantitative estimate of drug-likeness (QED) is 0.222. The van der Waals surface area contributed by atoms with Gasteiger partial charge in [0.15, 0.2) is 0 Å². The number of aryl methyl sites for hydroxylation is 2. The zero-order valence-electron chi connectivity index (χ0n) is 21.9. The van der Waals surface area contributed by atoms with Crippen LogP contribution in [0.2, 0.25) is 0 Å². The van der Waals surface area contributed by atoms with Gasteiger partial charge in [-0.3, -0.25) is 0 Å². The average Bonchev–Trinajstić information content (AvgIpc) is 3.30. The summed E-state index contributed by atoms with van der Waals surface area (Å²) in [5.41, 5.74) is 13.2. The fraction of sp³-hybridized carbons (Fsp3) is 0.323. The molecule has 0 spiro atoms. The van der Waals surface area contributed by atoms with Crippen molar-refractivity contribution in [1.82, 2.24) is 10.3 Å². The highest BCUT2D eigenvalue weighted by Crippen LogP contribution is 2.32. The molecule has 0 aliphatic carbocycles. The Hall–Kier alpha value is -3.20. The number of esters is 1. The maximum atomic E-state index is 13.8. The SMILES string of the molecule is CCc1cccc(CNCC(OC(=O)c2ccc3[nH]c4c(c3c2)CSCC4)C(N)Cc2cc(F)cc(F)c2)c1. The van der Waals surface area contributed by atoms with Crippen LogP contribution >= 0.6 is 11.8 Å². The number of carbonyl (C=O) groups excluding carboxylic acids is 1. The highest BCUT2D eigenvalue weighted by atomic mass is 32.2. The normalized spacial score (nSPS) is 14.7. The lowest BCUT2D eigenvalue weighted by Crippen LogP contribution is -2.46. The number of H-pyrrole nitrogens is 1. The van der Waals surface area contributed by atoms with Gasteiger partial charge in [-0.25, -0.2) is 13.6 Å². The molecular formula is C31H33F2N3O2S. The molecule has 2 atom stereocenters. The maximum Gasteiger partial charge on any atom is 0.338 e. The smallest absolute Gasteiger partial charge is 0.338 e. The molecule has 5 nitrogen and oxygen atoms in total. The van der Waals surface area contributed by atoms with Crippen molar-refractivity contribution in [1.29, 1.82) is 0 Å². The standard InChI is InChI=1S/C31H33F2N3O2S/c1-2-19-4-3-5-20(10-19)16-35-17-30(27(34)13-21-11-23(32)15-24(33)12-21)38-31(37)22-6-7-28-25(14-22)26-18-39-9-8-29(26)36-28/h3-7,10-12,14-15,27,30,35-36H,2,8-9,13,16-18,34H2,1H3. The zero-order valence-corrected chi connectivity index (χ0v) is 22.8. The first kappa shape index (κ1) is 27.4. The number of carbonyl (C=O) groups is 1. The maximum absolute atomic E-state index is 13.8. The van der Waals surface area contributed by atoms with Crippen molar-refractivity contribution in [3.05, 3.63) is 106 Å². The Balaban J connectivity index is 1.33. The van der Waals surface area contributed by atoms with E-state index in [4.69, 9.17) is 10.5 Å². The number of hydrogen-bond acceptors (Lipinski definition) is 5. The van der Waals surface area contributed by atoms with Gasteiger partial charge in [0.2, 0.25) is 0 Å². The summed E-state index contributed by atoms with van der Waals surface area (Å²) in [5.74, 6) is 0.186. The van der Waals surface area contributed by atoms with Crippen molar-refractivity contribution in [3.63, 3.8) is 0 Å². The molecule has 3 aromatic carbocycles. The van der Waals surface area contributed by atoms with E-state index in [0.717, 1.165) is 46.9 Å². The molecule has 2 heterocycles. The number of thioether (sulfide) groups is 1. The summed E-state index contributed by atoms with van der Waals surface area (Å²) in [6, 6.07) is 16.5. The van der Waals surface area contributed by atoms with Gasteiger partial charge in [-0.1, -0.05) is 31.2 Å². The second-order valence-electron chi connectivity index (χ2n) is 10.0. The molecule has 0 radical (unpaired) electrons. The molecule has 39 heavy (non-hydrogen) atoms. The summed E-state index contributed by atoms with van der Waals surface area (Å²) in [7, 11) is 0. The Morgan fingerprint density at radius 3 is 2.67 bits per heavy atom. The fourth-order valence-corrected chi connectivity index (χ4v) is 6.12. The van der Waals surface area contributed by atoms with Gasteiger partial charge < -0.3 is 20.8 Å². The summed E-state index contributed by atoms with van der Waals surface area (Å²) in [6.45, 7) is 2.97. The van der Waals surface area contributed by atoms with Crippen LogP contribution in [-0.4, -0.2) is 35.4 Å². The molecule has 0 bridgehead atoms. The van der Waals surface area contributed by atoms with E-state index in [0.29, 0.717) is 24.2 Å². The number of halogens is 2. The van der Waals surface area contributed by atoms with Crippen molar-refractivity contribution in [2.45, 2.75) is 50.6 Å². The average molecular weight is 550 g/mol. The van der Waals surface area contributed by atoms with Crippen molar-refractivity contribution in [2.75, 3.05) is 12.3 Å². The molecular weight excluding hydrogens is 516 g/mol. The van der Waals surface area contributed by atoms with E-state index in [1.807, 2.05) is 36.0 Å². The Kier molecular flexibility index (Phi) is 8.65. The number of aromatic nitrogens is 1. The highest BCUT2D eigenvalue weighted by Gasteiger charge is 2.25. The topological polar surface area (TPSA) is 80.1 Å². The van der Waals surface area contributed by atoms with Gasteiger partial charge in [-0.15, -0.1) is 0 Å². The van der Waals surface area contributed by atoms with Crippen LogP contribution in [0.25, 0.3) is 10.9 Å². The van der Waals surface area contributed by atoms with Crippen molar-refractivity contribution in [2.24, 2.45) is 5.73 Å². The number of nitrogens with two attached hydrogens (primary N) is 1. The molecule has 4 N–H and O–H groups in total. The van der Waals surface area contributed by atoms with Crippen LogP contribution in [0.4, 0.5) is 8.78 Å². The number of aromatic amines is 1. The van der Waals surface area contributed by atoms with E-state index >= 15 is 0 Å². The van der Waals surface area contributed by atoms with Crippen molar-refractivity contribution >= 4 is 28.6 Å². The molecule has 1 aromatic heterocycles. The number of benzene rings is 3. The Morgan fingerprint density at radius 1 is 1.08 bits per heavy atom. The molecule has 1 aliphatic rings. The van der Waals surface area contributed by atoms with Crippen molar-refractivity contribution in [3.8, 4) is 0 Å². The van der Waals surface area contributed by atoms with E-state index in [9.17, 15) is 13.6 Å². The first-order valence-electron chi connectivity index (χ1n) is 13.3. The first-order valence-corrected chi connectivity index (χ1v) is 14.5. The molecule has 2 unspecified atom stereocenters. The Bertz CT molecular complexity index is 1450. The third-order valence-electron chi connectivity index (χ3n) is 7.18. The lowest BCUT2D eigenvalue weighted by Gasteiger charge is -2.25. The molecule has 0 saturated heterocycles. The molecule has 0 fully saturated rings. The van der Waals surface area contributed by atoms with E-state index in [1.54, 1.807) is 6.07 Å². The highest BCUT2D eigenvalue weighted by molar-refractivity contribution is 7.98. The predicted molar refractivity (Wildman–Crippen MR) is 153 cm³/mol. The minimum atomic E-state index is -0.718. The summed E-state index contributed by atoms with van der Waals surface area (Å²) < 4.78 is 33.6. The molecule has 0 saturated carbocycles. The van der Waals surface area contributed by atoms with Gasteiger partial charge in [0, 0.05) is 47.5 Å². The monoisotopic (exact) mass is 549 g/mol. The van der Waals surface area contributed by atoms with Crippen LogP contribution in [0.15, 0.2) is 60.7 Å². The van der Waals surface area contributed by atoms with Gasteiger partial charge in [-0.05, 0) is 77.6 Å². The summed E-state index contributed by atoms with van der Waals surface area (Å²) in [4.78, 5) is 16.8. The Labute approximate surface area is 231 Å². The molecule has 8 heteroatoms. The summed E-state index contributed by atoms with van der Waals surface area (Å²) in [5, 5.41) is 4.39. The van der Waals surface area contributed by atoms with E-state index < -0.39 is 29.7 Å². The van der Waals surface area contributed by atoms with E-state index in [2.05, 4.69) is 29.4 Å². The minimum Gasteiger partial charge on any atom is -0.456 e. The molecule has 0 amide bonds. The molecule has 1 aliphatic heterocycles. The summed E-state index contributed by atoms with van der Waals surface area (Å²) in [6.07, 6.45) is 1.36. The van der Waals surface area contributed by atoms with Gasteiger partial charge in [0.25, 0.3) is 0 Å². The lowest BCUT2D eigenvalue weighted by molar-refractivity contribution is 0.0238.